The minimum Gasteiger partial charge on any atom is -0.494 e. The Hall–Kier alpha value is -2.82. The lowest BCUT2D eigenvalue weighted by Crippen LogP contribution is -2.34. The van der Waals surface area contributed by atoms with E-state index in [4.69, 9.17) is 4.74 Å². The Morgan fingerprint density at radius 2 is 1.88 bits per heavy atom. The first-order chi connectivity index (χ1) is 11.6. The van der Waals surface area contributed by atoms with E-state index in [-0.39, 0.29) is 12.3 Å². The first kappa shape index (κ1) is 17.5. The third-order valence-corrected chi connectivity index (χ3v) is 3.42. The summed E-state index contributed by atoms with van der Waals surface area (Å²) in [6.45, 7) is 2.64. The van der Waals surface area contributed by atoms with Gasteiger partial charge in [0.25, 0.3) is 0 Å². The third-order valence-electron chi connectivity index (χ3n) is 3.42. The topological polar surface area (TPSA) is 75.6 Å². The highest BCUT2D eigenvalue weighted by molar-refractivity contribution is 5.85. The van der Waals surface area contributed by atoms with Crippen LogP contribution in [0, 0.1) is 0 Å². The summed E-state index contributed by atoms with van der Waals surface area (Å²) < 4.78 is 5.54. The molecule has 24 heavy (non-hydrogen) atoms. The van der Waals surface area contributed by atoms with Crippen molar-refractivity contribution in [3.8, 4) is 5.75 Å². The van der Waals surface area contributed by atoms with Gasteiger partial charge in [0.05, 0.1) is 13.0 Å². The van der Waals surface area contributed by atoms with E-state index >= 15 is 0 Å². The molecular weight excluding hydrogens is 306 g/mol. The predicted molar refractivity (Wildman–Crippen MR) is 90.9 cm³/mol. The van der Waals surface area contributed by atoms with Gasteiger partial charge in [-0.2, -0.15) is 0 Å². The van der Waals surface area contributed by atoms with Gasteiger partial charge in [-0.15, -0.1) is 0 Å². The smallest absolute Gasteiger partial charge is 0.330 e. The number of carbonyl (C=O) groups excluding carboxylic acids is 1. The fourth-order valence-electron chi connectivity index (χ4n) is 2.30. The minimum atomic E-state index is -1.09. The van der Waals surface area contributed by atoms with Crippen LogP contribution in [-0.2, 0) is 16.0 Å². The van der Waals surface area contributed by atoms with E-state index in [2.05, 4.69) is 5.32 Å². The van der Waals surface area contributed by atoms with Crippen molar-refractivity contribution in [1.29, 1.82) is 0 Å². The largest absolute Gasteiger partial charge is 0.494 e. The molecule has 0 bridgehead atoms. The summed E-state index contributed by atoms with van der Waals surface area (Å²) in [5.74, 6) is -0.728. The van der Waals surface area contributed by atoms with Gasteiger partial charge in [-0.3, -0.25) is 4.79 Å². The molecule has 0 aliphatic rings. The molecule has 1 amide bonds. The molecule has 0 heterocycles. The average molecular weight is 327 g/mol. The van der Waals surface area contributed by atoms with Crippen LogP contribution in [0.3, 0.4) is 0 Å². The van der Waals surface area contributed by atoms with Crippen LogP contribution >= 0.6 is 0 Å². The predicted octanol–water partition coefficient (Wildman–Crippen LogP) is 2.96. The molecule has 126 valence electrons. The average Bonchev–Trinajstić information content (AvgIpc) is 2.58. The van der Waals surface area contributed by atoms with E-state index in [0.29, 0.717) is 17.9 Å². The number of ether oxygens (including phenoxy) is 1. The summed E-state index contributed by atoms with van der Waals surface area (Å²) in [5.41, 5.74) is 1.32. The normalized spacial score (nSPS) is 11.5. The number of nitrogens with one attached hydrogen (secondary N) is 1. The molecule has 2 aromatic carbocycles. The summed E-state index contributed by atoms with van der Waals surface area (Å²) in [5, 5.41) is 11.9. The van der Waals surface area contributed by atoms with E-state index in [1.54, 1.807) is 36.4 Å². The molecule has 0 unspecified atom stereocenters. The number of benzene rings is 2. The highest BCUT2D eigenvalue weighted by atomic mass is 16.5. The molecule has 5 heteroatoms. The molecule has 0 radical (unpaired) electrons. The van der Waals surface area contributed by atoms with Crippen LogP contribution in [0.25, 0.3) is 0 Å². The fourth-order valence-corrected chi connectivity index (χ4v) is 2.30. The fraction of sp³-hybridized carbons (Fsp3) is 0.263. The molecule has 0 spiro atoms. The van der Waals surface area contributed by atoms with Crippen LogP contribution in [0.15, 0.2) is 54.6 Å². The molecule has 0 fully saturated rings. The zero-order valence-corrected chi connectivity index (χ0v) is 13.6. The number of rotatable bonds is 8. The van der Waals surface area contributed by atoms with E-state index in [0.717, 1.165) is 12.0 Å². The lowest BCUT2D eigenvalue weighted by Gasteiger charge is -2.15. The van der Waals surface area contributed by atoms with Crippen molar-refractivity contribution in [3.05, 3.63) is 65.7 Å². The van der Waals surface area contributed by atoms with Crippen molar-refractivity contribution in [3.63, 3.8) is 0 Å². The van der Waals surface area contributed by atoms with E-state index in [1.165, 1.54) is 0 Å². The Kier molecular flexibility index (Phi) is 6.37. The Bertz CT molecular complexity index is 685. The summed E-state index contributed by atoms with van der Waals surface area (Å²) in [6, 6.07) is 14.9. The second kappa shape index (κ2) is 8.72. The van der Waals surface area contributed by atoms with Gasteiger partial charge in [0.15, 0.2) is 6.04 Å². The van der Waals surface area contributed by atoms with Crippen molar-refractivity contribution < 1.29 is 19.4 Å². The van der Waals surface area contributed by atoms with Crippen LogP contribution in [0.5, 0.6) is 5.75 Å². The number of hydrogen-bond acceptors (Lipinski definition) is 3. The summed E-state index contributed by atoms with van der Waals surface area (Å²) in [4.78, 5) is 23.6. The van der Waals surface area contributed by atoms with Gasteiger partial charge in [-0.25, -0.2) is 4.79 Å². The molecule has 2 rings (SSSR count). The van der Waals surface area contributed by atoms with Gasteiger partial charge < -0.3 is 15.2 Å². The Labute approximate surface area is 141 Å². The molecule has 2 aromatic rings. The van der Waals surface area contributed by atoms with Crippen molar-refractivity contribution in [2.75, 3.05) is 6.61 Å². The maximum Gasteiger partial charge on any atom is 0.330 e. The van der Waals surface area contributed by atoms with Gasteiger partial charge in [-0.1, -0.05) is 49.4 Å². The number of aliphatic carboxylic acids is 1. The van der Waals surface area contributed by atoms with Crippen molar-refractivity contribution in [2.24, 2.45) is 0 Å². The minimum absolute atomic E-state index is 0.0972. The van der Waals surface area contributed by atoms with Gasteiger partial charge in [0.1, 0.15) is 5.75 Å². The van der Waals surface area contributed by atoms with Gasteiger partial charge in [-0.05, 0) is 29.7 Å². The lowest BCUT2D eigenvalue weighted by molar-refractivity contribution is -0.141. The summed E-state index contributed by atoms with van der Waals surface area (Å²) in [7, 11) is 0. The first-order valence-electron chi connectivity index (χ1n) is 7.89. The van der Waals surface area contributed by atoms with E-state index in [9.17, 15) is 14.7 Å². The van der Waals surface area contributed by atoms with Crippen LogP contribution in [0.4, 0.5) is 0 Å². The number of carbonyl (C=O) groups is 2. The number of carboxylic acids is 1. The highest BCUT2D eigenvalue weighted by Gasteiger charge is 2.21. The van der Waals surface area contributed by atoms with E-state index < -0.39 is 12.0 Å². The van der Waals surface area contributed by atoms with Gasteiger partial charge >= 0.3 is 5.97 Å². The second-order valence-corrected chi connectivity index (χ2v) is 5.42. The Morgan fingerprint density at radius 3 is 2.54 bits per heavy atom. The van der Waals surface area contributed by atoms with Crippen LogP contribution in [-0.4, -0.2) is 23.6 Å². The summed E-state index contributed by atoms with van der Waals surface area (Å²) in [6.07, 6.45) is 1.00. The second-order valence-electron chi connectivity index (χ2n) is 5.42. The molecule has 2 N–H and O–H groups in total. The molecule has 0 aromatic heterocycles. The van der Waals surface area contributed by atoms with Crippen LogP contribution in [0.1, 0.15) is 30.5 Å². The molecule has 1 atom stereocenters. The number of carboxylic acid groups (broad SMARTS) is 1. The Morgan fingerprint density at radius 1 is 1.12 bits per heavy atom. The van der Waals surface area contributed by atoms with Gasteiger partial charge in [0, 0.05) is 0 Å². The zero-order chi connectivity index (χ0) is 17.4. The summed E-state index contributed by atoms with van der Waals surface area (Å²) >= 11 is 0. The van der Waals surface area contributed by atoms with E-state index in [1.807, 2.05) is 25.1 Å². The van der Waals surface area contributed by atoms with Crippen molar-refractivity contribution in [1.82, 2.24) is 5.32 Å². The highest BCUT2D eigenvalue weighted by Crippen LogP contribution is 2.16. The molecule has 5 nitrogen and oxygen atoms in total. The monoisotopic (exact) mass is 327 g/mol. The quantitative estimate of drug-likeness (QED) is 0.781. The Balaban J connectivity index is 2.02. The molecule has 0 saturated heterocycles. The maximum atomic E-state index is 12.2. The maximum absolute atomic E-state index is 12.2. The standard InChI is InChI=1S/C19H21NO4/c1-2-11-24-16-10-6-7-14(12-16)13-17(21)20-18(19(22)23)15-8-4-3-5-9-15/h3-10,12,18H,2,11,13H2,1H3,(H,20,21)(H,22,23)/t18-/m0/s1. The SMILES string of the molecule is CCCOc1cccc(CC(=O)N[C@H](C(=O)O)c2ccccc2)c1. The first-order valence-corrected chi connectivity index (χ1v) is 7.89. The molecule has 0 saturated carbocycles. The zero-order valence-electron chi connectivity index (χ0n) is 13.6. The van der Waals surface area contributed by atoms with Crippen LogP contribution in [0.2, 0.25) is 0 Å². The lowest BCUT2D eigenvalue weighted by atomic mass is 10.1. The third kappa shape index (κ3) is 5.12. The van der Waals surface area contributed by atoms with Crippen molar-refractivity contribution >= 4 is 11.9 Å². The molecular formula is C19H21NO4. The molecule has 0 aliphatic heterocycles. The van der Waals surface area contributed by atoms with Gasteiger partial charge in [0.2, 0.25) is 5.91 Å². The molecule has 0 aliphatic carbocycles. The van der Waals surface area contributed by atoms with Crippen molar-refractivity contribution in [2.45, 2.75) is 25.8 Å². The van der Waals surface area contributed by atoms with Crippen LogP contribution < -0.4 is 10.1 Å². The number of hydrogen-bond donors (Lipinski definition) is 2. The number of amides is 1.